The number of piperidine rings is 1. The zero-order valence-corrected chi connectivity index (χ0v) is 20.1. The molecule has 1 aromatic heterocycles. The van der Waals surface area contributed by atoms with E-state index < -0.39 is 10.0 Å². The van der Waals surface area contributed by atoms with Crippen LogP contribution in [0.25, 0.3) is 0 Å². The molecule has 0 atom stereocenters. The van der Waals surface area contributed by atoms with E-state index in [0.717, 1.165) is 0 Å². The Bertz CT molecular complexity index is 1290. The predicted octanol–water partition coefficient (Wildman–Crippen LogP) is 2.60. The number of Topliss-reactive ketones (excluding diaryl/α,β-unsaturated/α-hetero) is 1. The Hall–Kier alpha value is -3.57. The molecule has 1 aliphatic rings. The van der Waals surface area contributed by atoms with Crippen LogP contribution in [0, 0.1) is 5.92 Å². The fourth-order valence-corrected chi connectivity index (χ4v) is 5.41. The molecular formula is C24H27N5O5S. The van der Waals surface area contributed by atoms with Crippen molar-refractivity contribution in [2.75, 3.05) is 25.0 Å². The predicted molar refractivity (Wildman–Crippen MR) is 129 cm³/mol. The highest BCUT2D eigenvalue weighted by molar-refractivity contribution is 7.89. The molecule has 35 heavy (non-hydrogen) atoms. The molecule has 4 rings (SSSR count). The summed E-state index contributed by atoms with van der Waals surface area (Å²) in [5, 5.41) is 6.93. The van der Waals surface area contributed by atoms with E-state index in [-0.39, 0.29) is 35.6 Å². The zero-order valence-electron chi connectivity index (χ0n) is 19.3. The van der Waals surface area contributed by atoms with E-state index in [1.165, 1.54) is 29.7 Å². The Kier molecular flexibility index (Phi) is 7.57. The average molecular weight is 498 g/mol. The van der Waals surface area contributed by atoms with Gasteiger partial charge in [-0.2, -0.15) is 9.40 Å². The molecular weight excluding hydrogens is 470 g/mol. The summed E-state index contributed by atoms with van der Waals surface area (Å²) in [6.07, 6.45) is 3.89. The van der Waals surface area contributed by atoms with Gasteiger partial charge in [0, 0.05) is 36.3 Å². The molecule has 0 aliphatic carbocycles. The van der Waals surface area contributed by atoms with Gasteiger partial charge in [0.2, 0.25) is 15.9 Å². The Morgan fingerprint density at radius 1 is 1.11 bits per heavy atom. The summed E-state index contributed by atoms with van der Waals surface area (Å²) < 4.78 is 34.8. The van der Waals surface area contributed by atoms with E-state index in [2.05, 4.69) is 15.4 Å². The van der Waals surface area contributed by atoms with Crippen molar-refractivity contribution in [3.05, 3.63) is 66.7 Å². The monoisotopic (exact) mass is 497 g/mol. The topological polar surface area (TPSA) is 123 Å². The van der Waals surface area contributed by atoms with E-state index in [1.54, 1.807) is 47.4 Å². The molecule has 184 valence electrons. The normalized spacial score (nSPS) is 15.0. The van der Waals surface area contributed by atoms with Gasteiger partial charge in [-0.25, -0.2) is 18.1 Å². The van der Waals surface area contributed by atoms with Crippen LogP contribution in [0.4, 0.5) is 5.69 Å². The third-order valence-electron chi connectivity index (χ3n) is 5.86. The van der Waals surface area contributed by atoms with E-state index in [0.29, 0.717) is 43.0 Å². The summed E-state index contributed by atoms with van der Waals surface area (Å²) in [7, 11) is -3.73. The molecule has 0 radical (unpaired) electrons. The summed E-state index contributed by atoms with van der Waals surface area (Å²) in [6, 6.07) is 13.2. The number of aromatic nitrogens is 3. The van der Waals surface area contributed by atoms with E-state index >= 15 is 0 Å². The van der Waals surface area contributed by atoms with Gasteiger partial charge in [0.1, 0.15) is 25.0 Å². The fraction of sp³-hybridized carbons (Fsp3) is 0.333. The second-order valence-corrected chi connectivity index (χ2v) is 10.2. The van der Waals surface area contributed by atoms with Crippen LogP contribution in [-0.4, -0.2) is 58.9 Å². The highest BCUT2D eigenvalue weighted by Crippen LogP contribution is 2.26. The zero-order chi connectivity index (χ0) is 24.8. The fourth-order valence-electron chi connectivity index (χ4n) is 3.90. The first kappa shape index (κ1) is 24.6. The van der Waals surface area contributed by atoms with E-state index in [9.17, 15) is 18.0 Å². The molecule has 0 bridgehead atoms. The number of amides is 1. The molecule has 10 nitrogen and oxygen atoms in total. The van der Waals surface area contributed by atoms with Crippen molar-refractivity contribution in [1.29, 1.82) is 0 Å². The molecule has 0 spiro atoms. The number of sulfonamides is 1. The van der Waals surface area contributed by atoms with Crippen LogP contribution >= 0.6 is 0 Å². The second kappa shape index (κ2) is 10.8. The van der Waals surface area contributed by atoms with E-state index in [1.807, 2.05) is 0 Å². The first-order chi connectivity index (χ1) is 16.8. The number of ketones is 1. The van der Waals surface area contributed by atoms with Gasteiger partial charge in [-0.1, -0.05) is 18.2 Å². The maximum absolute atomic E-state index is 13.0. The minimum absolute atomic E-state index is 0.0914. The summed E-state index contributed by atoms with van der Waals surface area (Å²) >= 11 is 0. The molecule has 2 aromatic carbocycles. The van der Waals surface area contributed by atoms with Crippen molar-refractivity contribution in [1.82, 2.24) is 19.1 Å². The number of hydrogen-bond acceptors (Lipinski definition) is 7. The average Bonchev–Trinajstić information content (AvgIpc) is 3.38. The molecule has 0 unspecified atom stereocenters. The standard InChI is InChI=1S/C24H27N5O5S/c1-18(30)20-4-2-7-23(14-20)35(32,33)29-10-8-19(9-11-29)24(31)27-21-5-3-6-22(15-21)34-13-12-28-17-25-16-26-28/h2-7,14-17,19H,8-13H2,1H3,(H,27,31). The van der Waals surface area contributed by atoms with Crippen LogP contribution in [0.3, 0.4) is 0 Å². The number of ether oxygens (including phenoxy) is 1. The molecule has 3 aromatic rings. The Morgan fingerprint density at radius 2 is 1.89 bits per heavy atom. The Morgan fingerprint density at radius 3 is 2.60 bits per heavy atom. The number of carbonyl (C=O) groups is 2. The van der Waals surface area contributed by atoms with Crippen molar-refractivity contribution in [3.63, 3.8) is 0 Å². The van der Waals surface area contributed by atoms with Gasteiger partial charge in [-0.3, -0.25) is 9.59 Å². The Labute approximate surface area is 204 Å². The Balaban J connectivity index is 1.30. The van der Waals surface area contributed by atoms with E-state index in [4.69, 9.17) is 4.74 Å². The number of nitrogens with zero attached hydrogens (tertiary/aromatic N) is 4. The molecule has 1 aliphatic heterocycles. The van der Waals surface area contributed by atoms with Gasteiger partial charge >= 0.3 is 0 Å². The highest BCUT2D eigenvalue weighted by atomic mass is 32.2. The molecule has 1 saturated heterocycles. The highest BCUT2D eigenvalue weighted by Gasteiger charge is 2.32. The lowest BCUT2D eigenvalue weighted by Crippen LogP contribution is -2.41. The summed E-state index contributed by atoms with van der Waals surface area (Å²) in [4.78, 5) is 28.4. The molecule has 2 heterocycles. The number of anilines is 1. The van der Waals surface area contributed by atoms with Gasteiger partial charge in [0.05, 0.1) is 11.4 Å². The second-order valence-electron chi connectivity index (χ2n) is 8.29. The number of rotatable bonds is 9. The molecule has 1 N–H and O–H groups in total. The molecule has 11 heteroatoms. The molecule has 1 fully saturated rings. The van der Waals surface area contributed by atoms with Crippen LogP contribution in [0.15, 0.2) is 66.1 Å². The number of nitrogens with one attached hydrogen (secondary N) is 1. The van der Waals surface area contributed by atoms with Gasteiger partial charge in [0.15, 0.2) is 5.78 Å². The van der Waals surface area contributed by atoms with Gasteiger partial charge < -0.3 is 10.1 Å². The summed E-state index contributed by atoms with van der Waals surface area (Å²) in [5.74, 6) is -0.0268. The maximum atomic E-state index is 13.0. The summed E-state index contributed by atoms with van der Waals surface area (Å²) in [5.41, 5.74) is 0.967. The number of hydrogen-bond donors (Lipinski definition) is 1. The third-order valence-corrected chi connectivity index (χ3v) is 7.75. The first-order valence-electron chi connectivity index (χ1n) is 11.3. The first-order valence-corrected chi connectivity index (χ1v) is 12.7. The van der Waals surface area contributed by atoms with Crippen molar-refractivity contribution in [2.24, 2.45) is 5.92 Å². The minimum Gasteiger partial charge on any atom is -0.492 e. The molecule has 1 amide bonds. The van der Waals surface area contributed by atoms with Crippen LogP contribution in [0.2, 0.25) is 0 Å². The van der Waals surface area contributed by atoms with Gasteiger partial charge in [-0.05, 0) is 44.0 Å². The SMILES string of the molecule is CC(=O)c1cccc(S(=O)(=O)N2CCC(C(=O)Nc3cccc(OCCn4cncn4)c3)CC2)c1. The minimum atomic E-state index is -3.73. The number of carbonyl (C=O) groups excluding carboxylic acids is 2. The lowest BCUT2D eigenvalue weighted by Gasteiger charge is -2.30. The third kappa shape index (κ3) is 6.11. The lowest BCUT2D eigenvalue weighted by molar-refractivity contribution is -0.120. The van der Waals surface area contributed by atoms with Crippen LogP contribution in [0.5, 0.6) is 5.75 Å². The van der Waals surface area contributed by atoms with Crippen molar-refractivity contribution in [3.8, 4) is 5.75 Å². The van der Waals surface area contributed by atoms with Crippen molar-refractivity contribution < 1.29 is 22.7 Å². The largest absolute Gasteiger partial charge is 0.492 e. The van der Waals surface area contributed by atoms with Crippen molar-refractivity contribution >= 4 is 27.4 Å². The lowest BCUT2D eigenvalue weighted by atomic mass is 9.97. The number of benzene rings is 2. The van der Waals surface area contributed by atoms with Crippen LogP contribution in [-0.2, 0) is 21.4 Å². The smallest absolute Gasteiger partial charge is 0.243 e. The molecule has 0 saturated carbocycles. The quantitative estimate of drug-likeness (QED) is 0.451. The van der Waals surface area contributed by atoms with Gasteiger partial charge in [-0.15, -0.1) is 0 Å². The summed E-state index contributed by atoms with van der Waals surface area (Å²) in [6.45, 7) is 2.82. The van der Waals surface area contributed by atoms with Crippen LogP contribution < -0.4 is 10.1 Å². The van der Waals surface area contributed by atoms with Gasteiger partial charge in [0.25, 0.3) is 0 Å². The van der Waals surface area contributed by atoms with Crippen LogP contribution in [0.1, 0.15) is 30.1 Å². The maximum Gasteiger partial charge on any atom is 0.243 e. The van der Waals surface area contributed by atoms with Crippen molar-refractivity contribution in [2.45, 2.75) is 31.2 Å².